The van der Waals surface area contributed by atoms with E-state index in [0.717, 1.165) is 17.0 Å². The minimum atomic E-state index is -4.89. The molecule has 6 nitrogen and oxygen atoms in total. The van der Waals surface area contributed by atoms with Crippen molar-refractivity contribution in [1.29, 1.82) is 0 Å². The van der Waals surface area contributed by atoms with Crippen molar-refractivity contribution in [3.63, 3.8) is 0 Å². The van der Waals surface area contributed by atoms with Gasteiger partial charge in [-0.05, 0) is 42.0 Å². The Bertz CT molecular complexity index is 1340. The first-order valence-electron chi connectivity index (χ1n) is 10.3. The number of rotatable bonds is 5. The Labute approximate surface area is 213 Å². The van der Waals surface area contributed by atoms with Gasteiger partial charge in [0.2, 0.25) is 0 Å². The number of ether oxygens (including phenoxy) is 2. The van der Waals surface area contributed by atoms with Crippen molar-refractivity contribution in [2.45, 2.75) is 12.4 Å². The SMILES string of the molecule is COc1c(Cl)cc(/C(O)=C2\C(=O)C(=O)N(c3ccc(OC(F)(F)F)cc3)C2c2ccccc2)cc1Cl. The van der Waals surface area contributed by atoms with Gasteiger partial charge in [-0.15, -0.1) is 13.2 Å². The molecule has 4 rings (SSSR count). The highest BCUT2D eigenvalue weighted by atomic mass is 35.5. The van der Waals surface area contributed by atoms with E-state index in [-0.39, 0.29) is 32.6 Å². The van der Waals surface area contributed by atoms with Crippen molar-refractivity contribution in [2.75, 3.05) is 12.0 Å². The average molecular weight is 538 g/mol. The molecule has 0 radical (unpaired) electrons. The molecule has 1 amide bonds. The van der Waals surface area contributed by atoms with Crippen LogP contribution >= 0.6 is 23.2 Å². The zero-order valence-electron chi connectivity index (χ0n) is 18.3. The van der Waals surface area contributed by atoms with Gasteiger partial charge in [0.1, 0.15) is 11.5 Å². The quantitative estimate of drug-likeness (QED) is 0.227. The summed E-state index contributed by atoms with van der Waals surface area (Å²) < 4.78 is 46.7. The van der Waals surface area contributed by atoms with Crippen LogP contribution in [0.15, 0.2) is 72.3 Å². The fraction of sp³-hybridized carbons (Fsp3) is 0.120. The zero-order chi connectivity index (χ0) is 26.2. The van der Waals surface area contributed by atoms with Crippen LogP contribution in [0, 0.1) is 0 Å². The predicted molar refractivity (Wildman–Crippen MR) is 127 cm³/mol. The molecule has 1 heterocycles. The second-order valence-corrected chi connectivity index (χ2v) is 8.41. The Morgan fingerprint density at radius 3 is 2.08 bits per heavy atom. The molecule has 1 aliphatic heterocycles. The molecule has 1 N–H and O–H groups in total. The van der Waals surface area contributed by atoms with Gasteiger partial charge in [0.25, 0.3) is 11.7 Å². The standard InChI is InChI=1S/C25H16Cl2F3NO5/c1-35-23-17(26)11-14(12-18(23)27)21(32)19-20(13-5-3-2-4-6-13)31(24(34)22(19)33)15-7-9-16(10-8-15)36-25(28,29)30/h2-12,20,32H,1H3/b21-19+. The summed E-state index contributed by atoms with van der Waals surface area (Å²) in [5, 5.41) is 11.3. The fourth-order valence-electron chi connectivity index (χ4n) is 3.91. The minimum absolute atomic E-state index is 0.0669. The van der Waals surface area contributed by atoms with E-state index >= 15 is 0 Å². The largest absolute Gasteiger partial charge is 0.573 e. The third kappa shape index (κ3) is 4.84. The number of carbonyl (C=O) groups excluding carboxylic acids is 2. The first-order valence-corrected chi connectivity index (χ1v) is 11.0. The smallest absolute Gasteiger partial charge is 0.507 e. The summed E-state index contributed by atoms with van der Waals surface area (Å²) in [4.78, 5) is 27.4. The van der Waals surface area contributed by atoms with Gasteiger partial charge in [-0.2, -0.15) is 0 Å². The van der Waals surface area contributed by atoms with Crippen LogP contribution < -0.4 is 14.4 Å². The average Bonchev–Trinajstić information content (AvgIpc) is 3.09. The summed E-state index contributed by atoms with van der Waals surface area (Å²) in [5.41, 5.74) is 0.405. The van der Waals surface area contributed by atoms with E-state index in [4.69, 9.17) is 27.9 Å². The summed E-state index contributed by atoms with van der Waals surface area (Å²) >= 11 is 12.4. The Morgan fingerprint density at radius 1 is 0.972 bits per heavy atom. The number of amides is 1. The molecule has 0 spiro atoms. The second kappa shape index (κ2) is 9.75. The van der Waals surface area contributed by atoms with Crippen LogP contribution in [0.25, 0.3) is 5.76 Å². The summed E-state index contributed by atoms with van der Waals surface area (Å²) in [6.07, 6.45) is -4.89. The molecule has 3 aromatic rings. The Balaban J connectivity index is 1.86. The van der Waals surface area contributed by atoms with Gasteiger partial charge in [-0.25, -0.2) is 0 Å². The monoisotopic (exact) mass is 537 g/mol. The third-order valence-electron chi connectivity index (χ3n) is 5.38. The van der Waals surface area contributed by atoms with Crippen LogP contribution in [0.4, 0.5) is 18.9 Å². The van der Waals surface area contributed by atoms with E-state index in [1.165, 1.54) is 31.4 Å². The second-order valence-electron chi connectivity index (χ2n) is 7.59. The van der Waals surface area contributed by atoms with Crippen LogP contribution in [0.2, 0.25) is 10.0 Å². The topological polar surface area (TPSA) is 76.1 Å². The van der Waals surface area contributed by atoms with E-state index in [1.54, 1.807) is 30.3 Å². The number of aliphatic hydroxyl groups excluding tert-OH is 1. The molecule has 11 heteroatoms. The molecule has 1 unspecified atom stereocenters. The maximum Gasteiger partial charge on any atom is 0.573 e. The van der Waals surface area contributed by atoms with Gasteiger partial charge in [0.05, 0.1) is 28.8 Å². The van der Waals surface area contributed by atoms with E-state index in [0.29, 0.717) is 5.56 Å². The van der Waals surface area contributed by atoms with E-state index in [1.807, 2.05) is 0 Å². The Morgan fingerprint density at radius 2 is 1.56 bits per heavy atom. The number of benzene rings is 3. The number of hydrogen-bond donors (Lipinski definition) is 1. The number of aliphatic hydroxyl groups is 1. The van der Waals surface area contributed by atoms with Crippen molar-refractivity contribution in [3.8, 4) is 11.5 Å². The van der Waals surface area contributed by atoms with Gasteiger partial charge in [0.15, 0.2) is 5.75 Å². The summed E-state index contributed by atoms with van der Waals surface area (Å²) in [5.74, 6) is -2.86. The van der Waals surface area contributed by atoms with Gasteiger partial charge >= 0.3 is 6.36 Å². The number of nitrogens with zero attached hydrogens (tertiary/aromatic N) is 1. The van der Waals surface area contributed by atoms with Gasteiger partial charge in [-0.1, -0.05) is 53.5 Å². The maximum absolute atomic E-state index is 13.2. The number of methoxy groups -OCH3 is 1. The Hall–Kier alpha value is -3.69. The first kappa shape index (κ1) is 25.4. The minimum Gasteiger partial charge on any atom is -0.507 e. The van der Waals surface area contributed by atoms with E-state index in [2.05, 4.69) is 4.74 Å². The predicted octanol–water partition coefficient (Wildman–Crippen LogP) is 6.53. The molecule has 0 aromatic heterocycles. The molecule has 1 fully saturated rings. The van der Waals surface area contributed by atoms with E-state index in [9.17, 15) is 27.9 Å². The lowest BCUT2D eigenvalue weighted by atomic mass is 9.95. The molecule has 0 bridgehead atoms. The number of carbonyl (C=O) groups is 2. The lowest BCUT2D eigenvalue weighted by Gasteiger charge is -2.25. The van der Waals surface area contributed by atoms with Gasteiger partial charge < -0.3 is 14.6 Å². The number of hydrogen-bond acceptors (Lipinski definition) is 5. The first-order chi connectivity index (χ1) is 17.0. The lowest BCUT2D eigenvalue weighted by Crippen LogP contribution is -2.29. The summed E-state index contributed by atoms with van der Waals surface area (Å²) in [6, 6.07) is 14.4. The van der Waals surface area contributed by atoms with Crippen LogP contribution in [-0.4, -0.2) is 30.3 Å². The maximum atomic E-state index is 13.2. The molecule has 36 heavy (non-hydrogen) atoms. The van der Waals surface area contributed by atoms with Crippen LogP contribution in [0.5, 0.6) is 11.5 Å². The molecular weight excluding hydrogens is 522 g/mol. The van der Waals surface area contributed by atoms with Crippen molar-refractivity contribution in [3.05, 3.63) is 93.5 Å². The number of ketones is 1. The molecule has 1 atom stereocenters. The fourth-order valence-corrected chi connectivity index (χ4v) is 4.55. The van der Waals surface area contributed by atoms with Crippen molar-refractivity contribution >= 4 is 46.3 Å². The normalized spacial score (nSPS) is 17.4. The highest BCUT2D eigenvalue weighted by molar-refractivity contribution is 6.51. The lowest BCUT2D eigenvalue weighted by molar-refractivity contribution is -0.274. The van der Waals surface area contributed by atoms with E-state index < -0.39 is 35.6 Å². The zero-order valence-corrected chi connectivity index (χ0v) is 19.9. The summed E-state index contributed by atoms with van der Waals surface area (Å²) in [7, 11) is 1.36. The van der Waals surface area contributed by atoms with Crippen LogP contribution in [0.1, 0.15) is 17.2 Å². The highest BCUT2D eigenvalue weighted by Crippen LogP contribution is 2.44. The summed E-state index contributed by atoms with van der Waals surface area (Å²) in [6.45, 7) is 0. The molecule has 186 valence electrons. The molecule has 0 saturated carbocycles. The number of halogens is 5. The van der Waals surface area contributed by atoms with Gasteiger partial charge in [0, 0.05) is 11.3 Å². The van der Waals surface area contributed by atoms with Crippen LogP contribution in [-0.2, 0) is 9.59 Å². The van der Waals surface area contributed by atoms with Crippen molar-refractivity contribution < 1.29 is 37.3 Å². The van der Waals surface area contributed by atoms with Crippen molar-refractivity contribution in [1.82, 2.24) is 0 Å². The Kier molecular flexibility index (Phi) is 6.88. The molecule has 1 saturated heterocycles. The number of anilines is 1. The molecular formula is C25H16Cl2F3NO5. The highest BCUT2D eigenvalue weighted by Gasteiger charge is 2.47. The molecule has 3 aromatic carbocycles. The number of Topliss-reactive ketones (excluding diaryl/α,β-unsaturated/α-hetero) is 1. The third-order valence-corrected chi connectivity index (χ3v) is 5.95. The van der Waals surface area contributed by atoms with Gasteiger partial charge in [-0.3, -0.25) is 14.5 Å². The molecule has 0 aliphatic carbocycles. The van der Waals surface area contributed by atoms with Crippen molar-refractivity contribution in [2.24, 2.45) is 0 Å². The number of alkyl halides is 3. The van der Waals surface area contributed by atoms with Crippen LogP contribution in [0.3, 0.4) is 0 Å². The molecule has 1 aliphatic rings.